The SMILES string of the molecule is COC(=O)c1sccc1NC(=O)c1sccc1C#CCO. The second-order valence-corrected chi connectivity index (χ2v) is 5.56. The third-order valence-electron chi connectivity index (χ3n) is 2.46. The molecule has 2 heterocycles. The number of amides is 1. The molecule has 0 fully saturated rings. The molecule has 0 aromatic carbocycles. The standard InChI is InChI=1S/C14H11NO4S2/c1-19-14(18)12-10(5-8-21-12)15-13(17)11-9(3-2-6-16)4-7-20-11/h4-5,7-8,16H,6H2,1H3,(H,15,17). The molecule has 0 atom stereocenters. The van der Waals surface area contributed by atoms with Gasteiger partial charge in [0, 0.05) is 5.56 Å². The molecule has 7 heteroatoms. The first-order chi connectivity index (χ1) is 10.2. The quantitative estimate of drug-likeness (QED) is 0.671. The number of rotatable bonds is 3. The minimum absolute atomic E-state index is 0.270. The summed E-state index contributed by atoms with van der Waals surface area (Å²) in [6.07, 6.45) is 0. The van der Waals surface area contributed by atoms with E-state index < -0.39 is 5.97 Å². The van der Waals surface area contributed by atoms with Crippen molar-refractivity contribution in [1.29, 1.82) is 0 Å². The van der Waals surface area contributed by atoms with Crippen LogP contribution in [0.15, 0.2) is 22.9 Å². The average Bonchev–Trinajstić information content (AvgIpc) is 3.12. The Kier molecular flexibility index (Phi) is 5.11. The largest absolute Gasteiger partial charge is 0.465 e. The van der Waals surface area contributed by atoms with Crippen molar-refractivity contribution in [3.63, 3.8) is 0 Å². The second kappa shape index (κ2) is 7.04. The van der Waals surface area contributed by atoms with Gasteiger partial charge in [0.1, 0.15) is 16.4 Å². The minimum Gasteiger partial charge on any atom is -0.465 e. The van der Waals surface area contributed by atoms with Crippen molar-refractivity contribution in [2.75, 3.05) is 19.0 Å². The summed E-state index contributed by atoms with van der Waals surface area (Å²) < 4.78 is 4.66. The van der Waals surface area contributed by atoms with E-state index in [1.807, 2.05) is 0 Å². The van der Waals surface area contributed by atoms with Gasteiger partial charge in [-0.3, -0.25) is 4.79 Å². The number of esters is 1. The van der Waals surface area contributed by atoms with E-state index in [0.29, 0.717) is 21.0 Å². The number of ether oxygens (including phenoxy) is 1. The second-order valence-electron chi connectivity index (χ2n) is 3.73. The lowest BCUT2D eigenvalue weighted by atomic mass is 10.2. The van der Waals surface area contributed by atoms with Crippen molar-refractivity contribution in [3.8, 4) is 11.8 Å². The number of hydrogen-bond acceptors (Lipinski definition) is 6. The molecule has 2 aromatic heterocycles. The first-order valence-electron chi connectivity index (χ1n) is 5.81. The van der Waals surface area contributed by atoms with Gasteiger partial charge in [-0.05, 0) is 22.9 Å². The lowest BCUT2D eigenvalue weighted by Gasteiger charge is -2.04. The zero-order valence-corrected chi connectivity index (χ0v) is 12.6. The highest BCUT2D eigenvalue weighted by atomic mass is 32.1. The van der Waals surface area contributed by atoms with Gasteiger partial charge in [0.2, 0.25) is 0 Å². The Hall–Kier alpha value is -2.14. The molecule has 0 spiro atoms. The molecule has 0 saturated carbocycles. The van der Waals surface area contributed by atoms with E-state index in [1.165, 1.54) is 29.8 Å². The van der Waals surface area contributed by atoms with Gasteiger partial charge in [-0.25, -0.2) is 4.79 Å². The van der Waals surface area contributed by atoms with Crippen molar-refractivity contribution in [1.82, 2.24) is 0 Å². The molecule has 0 aliphatic carbocycles. The Labute approximate surface area is 129 Å². The molecule has 2 N–H and O–H groups in total. The predicted molar refractivity (Wildman–Crippen MR) is 81.9 cm³/mol. The molecule has 5 nitrogen and oxygen atoms in total. The summed E-state index contributed by atoms with van der Waals surface area (Å²) in [5, 5.41) is 14.8. The van der Waals surface area contributed by atoms with E-state index >= 15 is 0 Å². The predicted octanol–water partition coefficient (Wildman–Crippen LogP) is 2.19. The van der Waals surface area contributed by atoms with Crippen molar-refractivity contribution < 1.29 is 19.4 Å². The van der Waals surface area contributed by atoms with Crippen LogP contribution in [0.4, 0.5) is 5.69 Å². The molecule has 2 aromatic rings. The molecule has 21 heavy (non-hydrogen) atoms. The Balaban J connectivity index is 2.21. The summed E-state index contributed by atoms with van der Waals surface area (Å²) in [5.74, 6) is 4.37. The Bertz CT molecular complexity index is 721. The summed E-state index contributed by atoms with van der Waals surface area (Å²) in [5.41, 5.74) is 0.952. The van der Waals surface area contributed by atoms with Crippen molar-refractivity contribution >= 4 is 40.2 Å². The molecule has 0 aliphatic heterocycles. The van der Waals surface area contributed by atoms with Gasteiger partial charge < -0.3 is 15.2 Å². The summed E-state index contributed by atoms with van der Waals surface area (Å²) in [6, 6.07) is 3.35. The molecular formula is C14H11NO4S2. The maximum Gasteiger partial charge on any atom is 0.350 e. The van der Waals surface area contributed by atoms with Crippen LogP contribution < -0.4 is 5.32 Å². The topological polar surface area (TPSA) is 75.6 Å². The highest BCUT2D eigenvalue weighted by Crippen LogP contribution is 2.25. The van der Waals surface area contributed by atoms with E-state index in [4.69, 9.17) is 5.11 Å². The fraction of sp³-hybridized carbons (Fsp3) is 0.143. The number of aliphatic hydroxyl groups is 1. The van der Waals surface area contributed by atoms with Crippen LogP contribution in [0.25, 0.3) is 0 Å². The van der Waals surface area contributed by atoms with Gasteiger partial charge in [0.15, 0.2) is 0 Å². The van der Waals surface area contributed by atoms with E-state index in [1.54, 1.807) is 22.9 Å². The molecule has 0 aliphatic rings. The van der Waals surface area contributed by atoms with Crippen molar-refractivity contribution in [3.05, 3.63) is 38.2 Å². The van der Waals surface area contributed by atoms with Gasteiger partial charge in [0.05, 0.1) is 12.8 Å². The number of carbonyl (C=O) groups excluding carboxylic acids is 2. The number of aliphatic hydroxyl groups excluding tert-OH is 1. The van der Waals surface area contributed by atoms with Crippen LogP contribution >= 0.6 is 22.7 Å². The van der Waals surface area contributed by atoms with Gasteiger partial charge >= 0.3 is 5.97 Å². The average molecular weight is 321 g/mol. The molecule has 0 radical (unpaired) electrons. The summed E-state index contributed by atoms with van der Waals surface area (Å²) in [4.78, 5) is 24.6. The third-order valence-corrected chi connectivity index (χ3v) is 4.27. The van der Waals surface area contributed by atoms with Gasteiger partial charge in [0.25, 0.3) is 5.91 Å². The highest BCUT2D eigenvalue weighted by molar-refractivity contribution is 7.13. The molecule has 0 saturated heterocycles. The number of nitrogens with one attached hydrogen (secondary N) is 1. The monoisotopic (exact) mass is 321 g/mol. The summed E-state index contributed by atoms with van der Waals surface area (Å²) in [6.45, 7) is -0.270. The fourth-order valence-electron chi connectivity index (χ4n) is 1.56. The Morgan fingerprint density at radius 1 is 1.29 bits per heavy atom. The highest BCUT2D eigenvalue weighted by Gasteiger charge is 2.18. The van der Waals surface area contributed by atoms with Crippen LogP contribution in [0, 0.1) is 11.8 Å². The van der Waals surface area contributed by atoms with Crippen LogP contribution in [-0.4, -0.2) is 30.7 Å². The van der Waals surface area contributed by atoms with Crippen LogP contribution in [0.1, 0.15) is 24.9 Å². The molecule has 2 rings (SSSR count). The molecular weight excluding hydrogens is 310 g/mol. The number of carbonyl (C=O) groups is 2. The number of methoxy groups -OCH3 is 1. The number of anilines is 1. The van der Waals surface area contributed by atoms with Crippen molar-refractivity contribution in [2.24, 2.45) is 0 Å². The molecule has 108 valence electrons. The van der Waals surface area contributed by atoms with E-state index in [0.717, 1.165) is 0 Å². The van der Waals surface area contributed by atoms with Gasteiger partial charge in [-0.2, -0.15) is 0 Å². The zero-order chi connectivity index (χ0) is 15.2. The van der Waals surface area contributed by atoms with E-state index in [-0.39, 0.29) is 12.5 Å². The third kappa shape index (κ3) is 3.49. The Morgan fingerprint density at radius 3 is 2.71 bits per heavy atom. The van der Waals surface area contributed by atoms with Crippen LogP contribution in [0.3, 0.4) is 0 Å². The maximum absolute atomic E-state index is 12.2. The lowest BCUT2D eigenvalue weighted by molar-refractivity contribution is 0.0607. The van der Waals surface area contributed by atoms with Crippen LogP contribution in [0.5, 0.6) is 0 Å². The van der Waals surface area contributed by atoms with E-state index in [2.05, 4.69) is 21.9 Å². The Morgan fingerprint density at radius 2 is 2.00 bits per heavy atom. The lowest BCUT2D eigenvalue weighted by Crippen LogP contribution is -2.13. The number of hydrogen-bond donors (Lipinski definition) is 2. The van der Waals surface area contributed by atoms with Crippen LogP contribution in [-0.2, 0) is 4.74 Å². The molecule has 0 unspecified atom stereocenters. The first kappa shape index (κ1) is 15.3. The van der Waals surface area contributed by atoms with E-state index in [9.17, 15) is 9.59 Å². The normalized spacial score (nSPS) is 9.62. The maximum atomic E-state index is 12.2. The molecule has 0 bridgehead atoms. The zero-order valence-electron chi connectivity index (χ0n) is 11.0. The smallest absolute Gasteiger partial charge is 0.350 e. The van der Waals surface area contributed by atoms with Crippen molar-refractivity contribution in [2.45, 2.75) is 0 Å². The summed E-state index contributed by atoms with van der Waals surface area (Å²) in [7, 11) is 1.29. The summed E-state index contributed by atoms with van der Waals surface area (Å²) >= 11 is 2.43. The fourth-order valence-corrected chi connectivity index (χ4v) is 3.07. The van der Waals surface area contributed by atoms with Crippen LogP contribution in [0.2, 0.25) is 0 Å². The minimum atomic E-state index is -0.494. The number of thiophene rings is 2. The molecule has 1 amide bonds. The van der Waals surface area contributed by atoms with Gasteiger partial charge in [-0.1, -0.05) is 11.8 Å². The van der Waals surface area contributed by atoms with Gasteiger partial charge in [-0.15, -0.1) is 22.7 Å². The first-order valence-corrected chi connectivity index (χ1v) is 7.57.